The van der Waals surface area contributed by atoms with Crippen LogP contribution in [0.2, 0.25) is 0 Å². The van der Waals surface area contributed by atoms with Crippen LogP contribution in [0.25, 0.3) is 0 Å². The average molecular weight is 348 g/mol. The molecule has 0 bridgehead atoms. The summed E-state index contributed by atoms with van der Waals surface area (Å²) >= 11 is 0. The molecular weight excluding hydrogens is 330 g/mol. The number of rotatable bonds is 4. The molecule has 2 aromatic rings. The zero-order chi connectivity index (χ0) is 18.0. The van der Waals surface area contributed by atoms with E-state index in [1.165, 1.54) is 12.1 Å². The minimum absolute atomic E-state index is 0.0636. The second-order valence-electron chi connectivity index (χ2n) is 6.49. The number of ether oxygens (including phenoxy) is 1. The Morgan fingerprint density at radius 2 is 2.16 bits per heavy atom. The highest BCUT2D eigenvalue weighted by molar-refractivity contribution is 5.89. The quantitative estimate of drug-likeness (QED) is 0.915. The minimum Gasteiger partial charge on any atom is -0.433 e. The van der Waals surface area contributed by atoms with Crippen molar-refractivity contribution in [3.8, 4) is 5.75 Å². The van der Waals surface area contributed by atoms with E-state index in [2.05, 4.69) is 33.9 Å². The zero-order valence-corrected chi connectivity index (χ0v) is 13.8. The van der Waals surface area contributed by atoms with Gasteiger partial charge in [-0.15, -0.1) is 0 Å². The highest BCUT2D eigenvalue weighted by Gasteiger charge is 2.49. The Balaban J connectivity index is 1.69. The monoisotopic (exact) mass is 348 g/mol. The normalized spacial score (nSPS) is 18.6. The van der Waals surface area contributed by atoms with Gasteiger partial charge in [0.1, 0.15) is 11.6 Å². The second kappa shape index (κ2) is 6.62. The Bertz CT molecular complexity index is 738. The summed E-state index contributed by atoms with van der Waals surface area (Å²) in [6.07, 6.45) is 4.58. The lowest BCUT2D eigenvalue weighted by Gasteiger charge is -2.54. The molecule has 1 aliphatic heterocycles. The summed E-state index contributed by atoms with van der Waals surface area (Å²) in [7, 11) is 0. The molecular formula is C17H18F2N4O2. The van der Waals surface area contributed by atoms with Crippen LogP contribution >= 0.6 is 0 Å². The fourth-order valence-electron chi connectivity index (χ4n) is 3.09. The number of pyridine rings is 2. The van der Waals surface area contributed by atoms with Crippen molar-refractivity contribution in [2.75, 3.05) is 11.9 Å². The van der Waals surface area contributed by atoms with Crippen molar-refractivity contribution < 1.29 is 18.3 Å². The Kier molecular flexibility index (Phi) is 4.52. The number of carbonyl (C=O) groups is 1. The van der Waals surface area contributed by atoms with Gasteiger partial charge in [-0.05, 0) is 23.8 Å². The predicted molar refractivity (Wildman–Crippen MR) is 87.4 cm³/mol. The number of nitrogens with one attached hydrogen (secondary N) is 1. The zero-order valence-electron chi connectivity index (χ0n) is 13.8. The molecule has 8 heteroatoms. The van der Waals surface area contributed by atoms with Gasteiger partial charge in [-0.25, -0.2) is 9.78 Å². The molecule has 132 valence electrons. The third-order valence-electron chi connectivity index (χ3n) is 4.09. The lowest BCUT2D eigenvalue weighted by molar-refractivity contribution is -0.0500. The van der Waals surface area contributed by atoms with Gasteiger partial charge in [0.05, 0.1) is 12.2 Å². The number of urea groups is 1. The maximum absolute atomic E-state index is 12.5. The highest BCUT2D eigenvalue weighted by Crippen LogP contribution is 2.48. The first-order valence-corrected chi connectivity index (χ1v) is 7.75. The molecule has 1 atom stereocenters. The van der Waals surface area contributed by atoms with Crippen molar-refractivity contribution in [2.24, 2.45) is 5.41 Å². The van der Waals surface area contributed by atoms with E-state index in [4.69, 9.17) is 0 Å². The van der Waals surface area contributed by atoms with Crippen molar-refractivity contribution >= 4 is 11.8 Å². The van der Waals surface area contributed by atoms with Crippen LogP contribution in [-0.2, 0) is 0 Å². The lowest BCUT2D eigenvalue weighted by Crippen LogP contribution is -2.59. The number of carbonyl (C=O) groups excluding carboxylic acids is 1. The van der Waals surface area contributed by atoms with Crippen LogP contribution in [-0.4, -0.2) is 34.1 Å². The highest BCUT2D eigenvalue weighted by atomic mass is 19.3. The third-order valence-corrected chi connectivity index (χ3v) is 4.09. The fraction of sp³-hybridized carbons (Fsp3) is 0.353. The first kappa shape index (κ1) is 17.1. The Morgan fingerprint density at radius 1 is 1.36 bits per heavy atom. The van der Waals surface area contributed by atoms with Crippen molar-refractivity contribution in [2.45, 2.75) is 26.5 Å². The Labute approximate surface area is 143 Å². The van der Waals surface area contributed by atoms with Crippen LogP contribution in [0.5, 0.6) is 5.75 Å². The van der Waals surface area contributed by atoms with Crippen LogP contribution in [0.15, 0.2) is 42.9 Å². The van der Waals surface area contributed by atoms with Gasteiger partial charge in [0, 0.05) is 24.4 Å². The van der Waals surface area contributed by atoms with Gasteiger partial charge in [0.25, 0.3) is 0 Å². The molecule has 0 radical (unpaired) electrons. The van der Waals surface area contributed by atoms with Crippen LogP contribution in [0, 0.1) is 5.41 Å². The molecule has 2 aromatic heterocycles. The van der Waals surface area contributed by atoms with E-state index in [0.29, 0.717) is 6.54 Å². The van der Waals surface area contributed by atoms with Gasteiger partial charge >= 0.3 is 12.6 Å². The van der Waals surface area contributed by atoms with Gasteiger partial charge in [0.2, 0.25) is 0 Å². The third kappa shape index (κ3) is 3.67. The van der Waals surface area contributed by atoms with E-state index in [-0.39, 0.29) is 29.1 Å². The summed E-state index contributed by atoms with van der Waals surface area (Å²) in [5.41, 5.74) is 0.894. The molecule has 0 unspecified atom stereocenters. The van der Waals surface area contributed by atoms with Crippen molar-refractivity contribution in [3.63, 3.8) is 0 Å². The molecule has 0 aliphatic carbocycles. The number of amides is 2. The van der Waals surface area contributed by atoms with Crippen molar-refractivity contribution in [1.29, 1.82) is 0 Å². The molecule has 2 amide bonds. The number of likely N-dealkylation sites (tertiary alicyclic amines) is 1. The number of nitrogens with zero attached hydrogens (tertiary/aromatic N) is 3. The molecule has 1 fully saturated rings. The molecule has 1 saturated heterocycles. The number of hydrogen-bond acceptors (Lipinski definition) is 4. The first-order valence-electron chi connectivity index (χ1n) is 7.75. The molecule has 1 aliphatic rings. The summed E-state index contributed by atoms with van der Waals surface area (Å²) in [5.74, 6) is 0.201. The van der Waals surface area contributed by atoms with E-state index in [0.717, 1.165) is 11.8 Å². The Morgan fingerprint density at radius 3 is 2.72 bits per heavy atom. The van der Waals surface area contributed by atoms with Gasteiger partial charge < -0.3 is 9.64 Å². The molecule has 3 rings (SSSR count). The standard InChI is InChI=1S/C17H18F2N4O2/c1-17(2)10-23(14(17)11-4-3-7-20-8-11)16(24)22-13-6-5-12(9-21-13)25-15(18)19/h3-9,14-15H,10H2,1-2H3,(H,21,22,24)/t14-/m0/s1. The van der Waals surface area contributed by atoms with Gasteiger partial charge in [0.15, 0.2) is 0 Å². The van der Waals surface area contributed by atoms with Crippen LogP contribution in [0.4, 0.5) is 19.4 Å². The smallest absolute Gasteiger partial charge is 0.387 e. The average Bonchev–Trinajstić information content (AvgIpc) is 2.55. The van der Waals surface area contributed by atoms with E-state index in [1.807, 2.05) is 12.1 Å². The van der Waals surface area contributed by atoms with E-state index >= 15 is 0 Å². The summed E-state index contributed by atoms with van der Waals surface area (Å²) < 4.78 is 28.5. The number of alkyl halides is 2. The first-order chi connectivity index (χ1) is 11.9. The summed E-state index contributed by atoms with van der Waals surface area (Å²) in [6.45, 7) is 1.85. The number of hydrogen-bond donors (Lipinski definition) is 1. The molecule has 25 heavy (non-hydrogen) atoms. The van der Waals surface area contributed by atoms with E-state index in [9.17, 15) is 13.6 Å². The number of halogens is 2. The molecule has 3 heterocycles. The second-order valence-corrected chi connectivity index (χ2v) is 6.49. The number of anilines is 1. The maximum atomic E-state index is 12.5. The van der Waals surface area contributed by atoms with E-state index in [1.54, 1.807) is 17.3 Å². The van der Waals surface area contributed by atoms with Crippen LogP contribution in [0.3, 0.4) is 0 Å². The van der Waals surface area contributed by atoms with Crippen molar-refractivity contribution in [1.82, 2.24) is 14.9 Å². The molecule has 6 nitrogen and oxygen atoms in total. The van der Waals surface area contributed by atoms with Crippen LogP contribution in [0.1, 0.15) is 25.5 Å². The largest absolute Gasteiger partial charge is 0.433 e. The van der Waals surface area contributed by atoms with Gasteiger partial charge in [-0.3, -0.25) is 10.3 Å². The van der Waals surface area contributed by atoms with Crippen LogP contribution < -0.4 is 10.1 Å². The predicted octanol–water partition coefficient (Wildman–Crippen LogP) is 3.69. The van der Waals surface area contributed by atoms with E-state index < -0.39 is 6.61 Å². The number of aromatic nitrogens is 2. The summed E-state index contributed by atoms with van der Waals surface area (Å²) in [6, 6.07) is 6.12. The molecule has 0 aromatic carbocycles. The van der Waals surface area contributed by atoms with Crippen molar-refractivity contribution in [3.05, 3.63) is 48.4 Å². The minimum atomic E-state index is -2.91. The molecule has 1 N–H and O–H groups in total. The topological polar surface area (TPSA) is 67.4 Å². The lowest BCUT2D eigenvalue weighted by atomic mass is 9.72. The maximum Gasteiger partial charge on any atom is 0.387 e. The summed E-state index contributed by atoms with van der Waals surface area (Å²) in [5, 5.41) is 2.67. The SMILES string of the molecule is CC1(C)CN(C(=O)Nc2ccc(OC(F)F)cn2)[C@H]1c1cccnc1. The Hall–Kier alpha value is -2.77. The van der Waals surface area contributed by atoms with Gasteiger partial charge in [-0.1, -0.05) is 19.9 Å². The summed E-state index contributed by atoms with van der Waals surface area (Å²) in [4.78, 5) is 22.3. The molecule has 0 saturated carbocycles. The fourth-order valence-corrected chi connectivity index (χ4v) is 3.09. The molecule has 0 spiro atoms. The van der Waals surface area contributed by atoms with Gasteiger partial charge in [-0.2, -0.15) is 8.78 Å².